The summed E-state index contributed by atoms with van der Waals surface area (Å²) in [6, 6.07) is 1.55. The van der Waals surface area contributed by atoms with Crippen LogP contribution in [0.15, 0.2) is 6.07 Å². The van der Waals surface area contributed by atoms with Gasteiger partial charge in [0.25, 0.3) is 5.91 Å². The van der Waals surface area contributed by atoms with Crippen molar-refractivity contribution in [2.24, 2.45) is 0 Å². The number of nitrogens with zero attached hydrogens (tertiary/aromatic N) is 1. The van der Waals surface area contributed by atoms with E-state index in [0.29, 0.717) is 5.56 Å². The number of hydrogen-bond acceptors (Lipinski definition) is 4. The van der Waals surface area contributed by atoms with Gasteiger partial charge in [0.1, 0.15) is 0 Å². The smallest absolute Gasteiger partial charge is 0.340 e. The summed E-state index contributed by atoms with van der Waals surface area (Å²) in [4.78, 5) is 36.6. The molecule has 7 heteroatoms. The highest BCUT2D eigenvalue weighted by Crippen LogP contribution is 2.21. The van der Waals surface area contributed by atoms with Gasteiger partial charge in [-0.1, -0.05) is 19.3 Å². The molecule has 1 heterocycles. The third kappa shape index (κ3) is 5.34. The fourth-order valence-electron chi connectivity index (χ4n) is 3.74. The van der Waals surface area contributed by atoms with Gasteiger partial charge in [0.15, 0.2) is 6.10 Å². The maximum absolute atomic E-state index is 12.5. The number of aryl methyl sites for hydroxylation is 1. The molecule has 1 atom stereocenters. The summed E-state index contributed by atoms with van der Waals surface area (Å²) >= 11 is 0. The molecule has 2 N–H and O–H groups in total. The van der Waals surface area contributed by atoms with Gasteiger partial charge in [0, 0.05) is 23.5 Å². The van der Waals surface area contributed by atoms with Gasteiger partial charge in [0.05, 0.1) is 5.56 Å². The predicted molar refractivity (Wildman–Crippen MR) is 103 cm³/mol. The molecule has 0 radical (unpaired) electrons. The Balaban J connectivity index is 1.91. The van der Waals surface area contributed by atoms with Crippen LogP contribution in [0.1, 0.15) is 80.7 Å². The lowest BCUT2D eigenvalue weighted by Gasteiger charge is -2.23. The molecule has 1 aliphatic carbocycles. The topological polar surface area (TPSA) is 89.4 Å². The average molecular weight is 377 g/mol. The van der Waals surface area contributed by atoms with E-state index in [1.54, 1.807) is 6.07 Å². The van der Waals surface area contributed by atoms with Gasteiger partial charge in [0.2, 0.25) is 0 Å². The number of aromatic nitrogens is 1. The van der Waals surface area contributed by atoms with Crippen LogP contribution in [0.2, 0.25) is 0 Å². The van der Waals surface area contributed by atoms with E-state index in [1.807, 2.05) is 32.3 Å². The number of imide groups is 1. The highest BCUT2D eigenvalue weighted by molar-refractivity contribution is 5.98. The van der Waals surface area contributed by atoms with Crippen molar-refractivity contribution in [1.82, 2.24) is 15.2 Å². The first-order valence-electron chi connectivity index (χ1n) is 9.71. The van der Waals surface area contributed by atoms with Gasteiger partial charge in [-0.05, 0) is 53.5 Å². The molecule has 2 rings (SSSR count). The van der Waals surface area contributed by atoms with E-state index in [-0.39, 0.29) is 12.1 Å². The Morgan fingerprint density at radius 3 is 2.30 bits per heavy atom. The molecule has 0 spiro atoms. The fourth-order valence-corrected chi connectivity index (χ4v) is 3.74. The molecule has 0 aromatic carbocycles. The van der Waals surface area contributed by atoms with Crippen molar-refractivity contribution in [3.8, 4) is 0 Å². The Morgan fingerprint density at radius 2 is 1.74 bits per heavy atom. The van der Waals surface area contributed by atoms with Crippen LogP contribution in [0.5, 0.6) is 0 Å². The minimum Gasteiger partial charge on any atom is -0.449 e. The van der Waals surface area contributed by atoms with Crippen molar-refractivity contribution in [2.75, 3.05) is 0 Å². The quantitative estimate of drug-likeness (QED) is 0.770. The second kappa shape index (κ2) is 9.06. The van der Waals surface area contributed by atoms with E-state index in [1.165, 1.54) is 13.3 Å². The molecular formula is C20H31N3O4. The Labute approximate surface area is 160 Å². The minimum absolute atomic E-state index is 0.103. The number of rotatable bonds is 5. The number of carbonyl (C=O) groups is 3. The zero-order valence-electron chi connectivity index (χ0n) is 16.9. The molecule has 0 unspecified atom stereocenters. The Kier molecular flexibility index (Phi) is 7.05. The van der Waals surface area contributed by atoms with Crippen LogP contribution in [0.4, 0.5) is 4.79 Å². The summed E-state index contributed by atoms with van der Waals surface area (Å²) in [7, 11) is 0. The van der Waals surface area contributed by atoms with Crippen molar-refractivity contribution in [1.29, 1.82) is 0 Å². The van der Waals surface area contributed by atoms with Crippen LogP contribution in [-0.4, -0.2) is 34.6 Å². The lowest BCUT2D eigenvalue weighted by molar-refractivity contribution is -0.127. The molecule has 0 aliphatic heterocycles. The van der Waals surface area contributed by atoms with Gasteiger partial charge < -0.3 is 14.6 Å². The SMILES string of the molecule is Cc1cc(C(=O)O[C@@H](C)C(=O)NC(=O)NC2CCCCC2)c(C)n1C(C)C. The minimum atomic E-state index is -1.06. The molecule has 1 fully saturated rings. The summed E-state index contributed by atoms with van der Waals surface area (Å²) in [6.45, 7) is 9.32. The second-order valence-corrected chi connectivity index (χ2v) is 7.59. The molecule has 27 heavy (non-hydrogen) atoms. The maximum atomic E-state index is 12.5. The van der Waals surface area contributed by atoms with Gasteiger partial charge in [-0.2, -0.15) is 0 Å². The van der Waals surface area contributed by atoms with Crippen LogP contribution in [0.25, 0.3) is 0 Å². The molecule has 1 aliphatic rings. The standard InChI is InChI=1S/C20H31N3O4/c1-12(2)23-13(3)11-17(14(23)4)19(25)27-15(5)18(24)22-20(26)21-16-9-7-6-8-10-16/h11-12,15-16H,6-10H2,1-5H3,(H2,21,22,24,26)/t15-/m0/s1. The fraction of sp³-hybridized carbons (Fsp3) is 0.650. The molecule has 0 bridgehead atoms. The number of hydrogen-bond donors (Lipinski definition) is 2. The normalized spacial score (nSPS) is 16.1. The first-order chi connectivity index (χ1) is 12.7. The molecule has 1 aromatic rings. The van der Waals surface area contributed by atoms with Crippen LogP contribution in [0, 0.1) is 13.8 Å². The number of carbonyl (C=O) groups excluding carboxylic acids is 3. The first-order valence-corrected chi connectivity index (χ1v) is 9.71. The third-order valence-corrected chi connectivity index (χ3v) is 5.05. The summed E-state index contributed by atoms with van der Waals surface area (Å²) < 4.78 is 7.31. The van der Waals surface area contributed by atoms with Gasteiger partial charge in [-0.3, -0.25) is 10.1 Å². The van der Waals surface area contributed by atoms with Crippen molar-refractivity contribution >= 4 is 17.9 Å². The van der Waals surface area contributed by atoms with Crippen molar-refractivity contribution in [3.63, 3.8) is 0 Å². The maximum Gasteiger partial charge on any atom is 0.340 e. The summed E-state index contributed by atoms with van der Waals surface area (Å²) in [5.41, 5.74) is 2.20. The number of ether oxygens (including phenoxy) is 1. The van der Waals surface area contributed by atoms with E-state index in [2.05, 4.69) is 10.6 Å². The van der Waals surface area contributed by atoms with Crippen LogP contribution >= 0.6 is 0 Å². The Morgan fingerprint density at radius 1 is 1.11 bits per heavy atom. The van der Waals surface area contributed by atoms with Gasteiger partial charge in [-0.25, -0.2) is 9.59 Å². The summed E-state index contributed by atoms with van der Waals surface area (Å²) in [6.07, 6.45) is 4.15. The summed E-state index contributed by atoms with van der Waals surface area (Å²) in [5.74, 6) is -1.19. The number of urea groups is 1. The van der Waals surface area contributed by atoms with Crippen LogP contribution in [0.3, 0.4) is 0 Å². The first kappa shape index (κ1) is 21.0. The zero-order chi connectivity index (χ0) is 20.1. The molecule has 1 aromatic heterocycles. The number of amides is 3. The van der Waals surface area contributed by atoms with E-state index in [4.69, 9.17) is 4.74 Å². The molecule has 3 amide bonds. The molecule has 1 saturated carbocycles. The predicted octanol–water partition coefficient (Wildman–Crippen LogP) is 3.39. The van der Waals surface area contributed by atoms with Crippen molar-refractivity contribution < 1.29 is 19.1 Å². The average Bonchev–Trinajstić information content (AvgIpc) is 2.90. The van der Waals surface area contributed by atoms with E-state index in [0.717, 1.165) is 37.1 Å². The Bertz CT molecular complexity index is 702. The largest absolute Gasteiger partial charge is 0.449 e. The molecule has 150 valence electrons. The number of nitrogens with one attached hydrogen (secondary N) is 2. The van der Waals surface area contributed by atoms with Crippen LogP contribution < -0.4 is 10.6 Å². The lowest BCUT2D eigenvalue weighted by Crippen LogP contribution is -2.48. The summed E-state index contributed by atoms with van der Waals surface area (Å²) in [5, 5.41) is 5.07. The molecule has 0 saturated heterocycles. The third-order valence-electron chi connectivity index (χ3n) is 5.05. The van der Waals surface area contributed by atoms with Crippen LogP contribution in [-0.2, 0) is 9.53 Å². The van der Waals surface area contributed by atoms with Crippen molar-refractivity contribution in [3.05, 3.63) is 23.0 Å². The van der Waals surface area contributed by atoms with Gasteiger partial charge >= 0.3 is 12.0 Å². The zero-order valence-corrected chi connectivity index (χ0v) is 16.9. The lowest BCUT2D eigenvalue weighted by atomic mass is 9.96. The molecule has 7 nitrogen and oxygen atoms in total. The van der Waals surface area contributed by atoms with E-state index >= 15 is 0 Å². The highest BCUT2D eigenvalue weighted by atomic mass is 16.5. The van der Waals surface area contributed by atoms with Gasteiger partial charge in [-0.15, -0.1) is 0 Å². The van der Waals surface area contributed by atoms with E-state index in [9.17, 15) is 14.4 Å². The second-order valence-electron chi connectivity index (χ2n) is 7.59. The van der Waals surface area contributed by atoms with E-state index < -0.39 is 24.0 Å². The Hall–Kier alpha value is -2.31. The highest BCUT2D eigenvalue weighted by Gasteiger charge is 2.25. The number of esters is 1. The van der Waals surface area contributed by atoms with Crippen molar-refractivity contribution in [2.45, 2.75) is 84.9 Å². The monoisotopic (exact) mass is 377 g/mol. The molecular weight excluding hydrogens is 346 g/mol.